The molecule has 1 fully saturated rings. The van der Waals surface area contributed by atoms with Crippen LogP contribution in [0.3, 0.4) is 0 Å². The molecule has 0 amide bonds. The van der Waals surface area contributed by atoms with E-state index in [9.17, 15) is 4.79 Å². The summed E-state index contributed by atoms with van der Waals surface area (Å²) in [5, 5.41) is 0. The van der Waals surface area contributed by atoms with Gasteiger partial charge in [-0.25, -0.2) is 4.79 Å². The largest absolute Gasteiger partial charge is 0.465 e. The highest BCUT2D eigenvalue weighted by Gasteiger charge is 2.25. The fourth-order valence-electron chi connectivity index (χ4n) is 2.43. The molecule has 0 saturated heterocycles. The second-order valence-electron chi connectivity index (χ2n) is 4.49. The van der Waals surface area contributed by atoms with Gasteiger partial charge in [-0.3, -0.25) is 0 Å². The lowest BCUT2D eigenvalue weighted by Crippen LogP contribution is -2.15. The minimum atomic E-state index is -0.207. The van der Waals surface area contributed by atoms with Crippen LogP contribution in [0.4, 0.5) is 0 Å². The molecule has 0 heterocycles. The molecule has 92 valence electrons. The van der Waals surface area contributed by atoms with Crippen molar-refractivity contribution in [3.05, 3.63) is 32.4 Å². The van der Waals surface area contributed by atoms with Crippen molar-refractivity contribution in [1.29, 1.82) is 0 Å². The van der Waals surface area contributed by atoms with Gasteiger partial charge in [0, 0.05) is 3.57 Å². The lowest BCUT2D eigenvalue weighted by molar-refractivity contribution is 0.0599. The number of ether oxygens (including phenoxy) is 1. The Morgan fingerprint density at radius 2 is 2.18 bits per heavy atom. The average Bonchev–Trinajstić information content (AvgIpc) is 2.25. The van der Waals surface area contributed by atoms with Gasteiger partial charge in [0.25, 0.3) is 0 Å². The first kappa shape index (κ1) is 12.9. The highest BCUT2D eigenvalue weighted by molar-refractivity contribution is 14.1. The van der Waals surface area contributed by atoms with Crippen molar-refractivity contribution in [1.82, 2.24) is 0 Å². The van der Waals surface area contributed by atoms with E-state index in [1.807, 2.05) is 6.07 Å². The first-order valence-corrected chi connectivity index (χ1v) is 7.15. The molecule has 0 spiro atoms. The number of methoxy groups -OCH3 is 1. The van der Waals surface area contributed by atoms with Crippen molar-refractivity contribution < 1.29 is 9.53 Å². The minimum Gasteiger partial charge on any atom is -0.465 e. The third-order valence-corrected chi connectivity index (χ3v) is 4.18. The summed E-state index contributed by atoms with van der Waals surface area (Å²) in [5.41, 5.74) is 3.30. The van der Waals surface area contributed by atoms with Crippen molar-refractivity contribution in [3.63, 3.8) is 0 Å². The van der Waals surface area contributed by atoms with Gasteiger partial charge in [-0.05, 0) is 71.0 Å². The van der Waals surface area contributed by atoms with E-state index < -0.39 is 0 Å². The molecule has 1 aromatic carbocycles. The summed E-state index contributed by atoms with van der Waals surface area (Å²) in [6, 6.07) is 4.17. The Labute approximate surface area is 116 Å². The molecular weight excluding hydrogens is 327 g/mol. The van der Waals surface area contributed by atoms with Gasteiger partial charge in [0.15, 0.2) is 0 Å². The lowest BCUT2D eigenvalue weighted by atomic mass is 9.77. The molecule has 2 rings (SSSR count). The second kappa shape index (κ2) is 5.38. The van der Waals surface area contributed by atoms with Crippen LogP contribution in [0.2, 0.25) is 0 Å². The van der Waals surface area contributed by atoms with E-state index in [1.54, 1.807) is 0 Å². The van der Waals surface area contributed by atoms with Crippen LogP contribution in [0.5, 0.6) is 0 Å². The van der Waals surface area contributed by atoms with E-state index in [2.05, 4.69) is 35.6 Å². The average molecular weight is 344 g/mol. The van der Waals surface area contributed by atoms with Gasteiger partial charge in [-0.2, -0.15) is 0 Å². The Morgan fingerprint density at radius 3 is 2.65 bits per heavy atom. The van der Waals surface area contributed by atoms with Crippen molar-refractivity contribution in [2.24, 2.45) is 0 Å². The van der Waals surface area contributed by atoms with E-state index >= 15 is 0 Å². The zero-order valence-corrected chi connectivity index (χ0v) is 12.4. The van der Waals surface area contributed by atoms with Gasteiger partial charge in [-0.1, -0.05) is 13.3 Å². The highest BCUT2D eigenvalue weighted by Crippen LogP contribution is 2.39. The van der Waals surface area contributed by atoms with Gasteiger partial charge < -0.3 is 4.74 Å². The fourth-order valence-corrected chi connectivity index (χ4v) is 3.07. The Hall–Kier alpha value is -0.580. The number of carbonyl (C=O) groups excluding carboxylic acids is 1. The predicted octanol–water partition coefficient (Wildman–Crippen LogP) is 3.91. The van der Waals surface area contributed by atoms with Crippen LogP contribution in [0.25, 0.3) is 0 Å². The summed E-state index contributed by atoms with van der Waals surface area (Å²) in [6.07, 6.45) is 4.72. The van der Waals surface area contributed by atoms with Crippen LogP contribution in [0.15, 0.2) is 12.1 Å². The van der Waals surface area contributed by atoms with Crippen LogP contribution in [-0.4, -0.2) is 13.1 Å². The Kier molecular flexibility index (Phi) is 4.07. The van der Waals surface area contributed by atoms with Gasteiger partial charge in [-0.15, -0.1) is 0 Å². The number of rotatable bonds is 3. The zero-order valence-electron chi connectivity index (χ0n) is 10.3. The summed E-state index contributed by atoms with van der Waals surface area (Å²) < 4.78 is 6.00. The van der Waals surface area contributed by atoms with Crippen LogP contribution in [-0.2, 0) is 11.2 Å². The summed E-state index contributed by atoms with van der Waals surface area (Å²) >= 11 is 2.28. The molecule has 1 aliphatic carbocycles. The SMILES string of the molecule is CCc1c(C(=O)OC)cc(I)cc1C1CCC1. The molecule has 0 bridgehead atoms. The molecule has 1 aromatic rings. The molecule has 0 radical (unpaired) electrons. The first-order valence-electron chi connectivity index (χ1n) is 6.08. The number of carbonyl (C=O) groups is 1. The molecule has 0 aliphatic heterocycles. The summed E-state index contributed by atoms with van der Waals surface area (Å²) in [4.78, 5) is 11.8. The molecule has 1 aliphatic rings. The summed E-state index contributed by atoms with van der Waals surface area (Å²) in [7, 11) is 1.45. The van der Waals surface area contributed by atoms with Crippen LogP contribution in [0.1, 0.15) is 53.6 Å². The molecule has 1 saturated carbocycles. The maximum Gasteiger partial charge on any atom is 0.338 e. The molecular formula is C14H17IO2. The second-order valence-corrected chi connectivity index (χ2v) is 5.74. The zero-order chi connectivity index (χ0) is 12.4. The van der Waals surface area contributed by atoms with Crippen molar-refractivity contribution in [2.75, 3.05) is 7.11 Å². The standard InChI is InChI=1S/C14H17IO2/c1-3-11-12(9-5-4-6-9)7-10(15)8-13(11)14(16)17-2/h7-9H,3-6H2,1-2H3. The molecule has 0 unspecified atom stereocenters. The van der Waals surface area contributed by atoms with Crippen molar-refractivity contribution >= 4 is 28.6 Å². The lowest BCUT2D eigenvalue weighted by Gasteiger charge is -2.29. The van der Waals surface area contributed by atoms with Gasteiger partial charge in [0.2, 0.25) is 0 Å². The number of benzene rings is 1. The van der Waals surface area contributed by atoms with Crippen LogP contribution in [0, 0.1) is 3.57 Å². The van der Waals surface area contributed by atoms with E-state index in [0.717, 1.165) is 15.6 Å². The smallest absolute Gasteiger partial charge is 0.338 e. The predicted molar refractivity (Wildman–Crippen MR) is 76.5 cm³/mol. The van der Waals surface area contributed by atoms with E-state index in [4.69, 9.17) is 4.74 Å². The van der Waals surface area contributed by atoms with Crippen LogP contribution < -0.4 is 0 Å². The third-order valence-electron chi connectivity index (χ3n) is 3.55. The number of hydrogen-bond acceptors (Lipinski definition) is 2. The van der Waals surface area contributed by atoms with E-state index in [1.165, 1.54) is 37.5 Å². The topological polar surface area (TPSA) is 26.3 Å². The highest BCUT2D eigenvalue weighted by atomic mass is 127. The Balaban J connectivity index is 2.50. The molecule has 0 atom stereocenters. The van der Waals surface area contributed by atoms with Gasteiger partial charge >= 0.3 is 5.97 Å². The Bertz CT molecular complexity index is 436. The number of halogens is 1. The molecule has 17 heavy (non-hydrogen) atoms. The monoisotopic (exact) mass is 344 g/mol. The van der Waals surface area contributed by atoms with Gasteiger partial charge in [0.1, 0.15) is 0 Å². The third kappa shape index (κ3) is 2.49. The fraction of sp³-hybridized carbons (Fsp3) is 0.500. The van der Waals surface area contributed by atoms with Crippen molar-refractivity contribution in [3.8, 4) is 0 Å². The summed E-state index contributed by atoms with van der Waals surface area (Å²) in [6.45, 7) is 2.11. The summed E-state index contributed by atoms with van der Waals surface area (Å²) in [5.74, 6) is 0.448. The first-order chi connectivity index (χ1) is 8.17. The Morgan fingerprint density at radius 1 is 1.47 bits per heavy atom. The minimum absolute atomic E-state index is 0.207. The van der Waals surface area contributed by atoms with E-state index in [0.29, 0.717) is 5.92 Å². The number of esters is 1. The van der Waals surface area contributed by atoms with Gasteiger partial charge in [0.05, 0.1) is 12.7 Å². The normalized spacial score (nSPS) is 15.5. The van der Waals surface area contributed by atoms with Crippen LogP contribution >= 0.6 is 22.6 Å². The quantitative estimate of drug-likeness (QED) is 0.614. The molecule has 3 heteroatoms. The maximum absolute atomic E-state index is 11.8. The molecule has 0 N–H and O–H groups in total. The van der Waals surface area contributed by atoms with E-state index in [-0.39, 0.29) is 5.97 Å². The number of hydrogen-bond donors (Lipinski definition) is 0. The molecule has 0 aromatic heterocycles. The van der Waals surface area contributed by atoms with Crippen molar-refractivity contribution in [2.45, 2.75) is 38.5 Å². The molecule has 2 nitrogen and oxygen atoms in total. The maximum atomic E-state index is 11.8.